The fourth-order valence-corrected chi connectivity index (χ4v) is 4.00. The minimum Gasteiger partial charge on any atom is -0.338 e. The van der Waals surface area contributed by atoms with Crippen molar-refractivity contribution in [1.29, 1.82) is 0 Å². The predicted molar refractivity (Wildman–Crippen MR) is 126 cm³/mol. The Bertz CT molecular complexity index is 1210. The summed E-state index contributed by atoms with van der Waals surface area (Å²) >= 11 is 0. The first-order valence-electron chi connectivity index (χ1n) is 10.9. The van der Waals surface area contributed by atoms with Crippen molar-refractivity contribution in [1.82, 2.24) is 24.8 Å². The van der Waals surface area contributed by atoms with Crippen LogP contribution in [0.2, 0.25) is 0 Å². The van der Waals surface area contributed by atoms with Crippen LogP contribution in [0, 0.1) is 6.92 Å². The van der Waals surface area contributed by atoms with Crippen molar-refractivity contribution in [3.63, 3.8) is 0 Å². The zero-order chi connectivity index (χ0) is 21.9. The maximum atomic E-state index is 12.6. The molecule has 0 radical (unpaired) electrons. The van der Waals surface area contributed by atoms with Gasteiger partial charge < -0.3 is 15.2 Å². The third-order valence-corrected chi connectivity index (χ3v) is 5.85. The number of hydrogen-bond acceptors (Lipinski definition) is 4. The molecule has 5 rings (SSSR count). The molecule has 3 heterocycles. The van der Waals surface area contributed by atoms with Crippen LogP contribution in [0.25, 0.3) is 22.4 Å². The minimum absolute atomic E-state index is 0.0321. The van der Waals surface area contributed by atoms with Gasteiger partial charge in [-0.05, 0) is 48.9 Å². The van der Waals surface area contributed by atoms with Crippen LogP contribution in [-0.2, 0) is 6.54 Å². The van der Waals surface area contributed by atoms with Crippen molar-refractivity contribution in [3.05, 3.63) is 78.1 Å². The molecule has 2 N–H and O–H groups in total. The number of fused-ring (bicyclic) bond motifs is 1. The van der Waals surface area contributed by atoms with Crippen molar-refractivity contribution < 1.29 is 4.79 Å². The number of pyridine rings is 1. The second kappa shape index (κ2) is 8.80. The summed E-state index contributed by atoms with van der Waals surface area (Å²) in [7, 11) is 0. The van der Waals surface area contributed by atoms with Gasteiger partial charge in [0.25, 0.3) is 0 Å². The Morgan fingerprint density at radius 1 is 1.06 bits per heavy atom. The van der Waals surface area contributed by atoms with Crippen LogP contribution in [0.1, 0.15) is 11.1 Å². The van der Waals surface area contributed by atoms with Crippen molar-refractivity contribution in [2.45, 2.75) is 13.5 Å². The number of benzene rings is 2. The lowest BCUT2D eigenvalue weighted by atomic mass is 10.1. The molecule has 1 aliphatic heterocycles. The number of imidazole rings is 1. The van der Waals surface area contributed by atoms with Crippen LogP contribution in [0.15, 0.2) is 67.0 Å². The van der Waals surface area contributed by atoms with Crippen LogP contribution >= 0.6 is 0 Å². The summed E-state index contributed by atoms with van der Waals surface area (Å²) in [6.07, 6.45) is 3.57. The molecule has 2 amide bonds. The Kier molecular flexibility index (Phi) is 5.56. The van der Waals surface area contributed by atoms with Crippen molar-refractivity contribution in [2.75, 3.05) is 31.5 Å². The quantitative estimate of drug-likeness (QED) is 0.511. The van der Waals surface area contributed by atoms with Gasteiger partial charge in [0.05, 0.1) is 11.0 Å². The number of urea groups is 1. The van der Waals surface area contributed by atoms with E-state index in [1.54, 1.807) is 6.20 Å². The van der Waals surface area contributed by atoms with E-state index in [0.29, 0.717) is 0 Å². The number of carbonyl (C=O) groups excluding carboxylic acids is 1. The van der Waals surface area contributed by atoms with Gasteiger partial charge in [0, 0.05) is 56.4 Å². The van der Waals surface area contributed by atoms with Crippen molar-refractivity contribution in [2.24, 2.45) is 0 Å². The van der Waals surface area contributed by atoms with E-state index in [9.17, 15) is 4.79 Å². The molecule has 32 heavy (non-hydrogen) atoms. The number of piperazine rings is 1. The molecule has 1 saturated heterocycles. The topological polar surface area (TPSA) is 77.2 Å². The lowest BCUT2D eigenvalue weighted by Gasteiger charge is -2.34. The monoisotopic (exact) mass is 426 g/mol. The number of aryl methyl sites for hydroxylation is 1. The molecule has 0 aliphatic carbocycles. The van der Waals surface area contributed by atoms with E-state index in [1.807, 2.05) is 54.4 Å². The first kappa shape index (κ1) is 20.2. The first-order valence-corrected chi connectivity index (χ1v) is 10.9. The molecule has 7 nitrogen and oxygen atoms in total. The van der Waals surface area contributed by atoms with Gasteiger partial charge >= 0.3 is 6.03 Å². The number of nitrogens with one attached hydrogen (secondary N) is 2. The maximum Gasteiger partial charge on any atom is 0.321 e. The number of carbonyl (C=O) groups is 1. The summed E-state index contributed by atoms with van der Waals surface area (Å²) in [5, 5.41) is 2.99. The summed E-state index contributed by atoms with van der Waals surface area (Å²) < 4.78 is 0. The fourth-order valence-electron chi connectivity index (χ4n) is 4.00. The maximum absolute atomic E-state index is 12.6. The second-order valence-electron chi connectivity index (χ2n) is 8.24. The molecule has 0 bridgehead atoms. The number of aromatic amines is 1. The van der Waals surface area contributed by atoms with Crippen LogP contribution in [-0.4, -0.2) is 57.0 Å². The highest BCUT2D eigenvalue weighted by Gasteiger charge is 2.21. The van der Waals surface area contributed by atoms with Crippen LogP contribution < -0.4 is 5.32 Å². The van der Waals surface area contributed by atoms with E-state index in [-0.39, 0.29) is 6.03 Å². The number of anilines is 1. The Morgan fingerprint density at radius 2 is 1.88 bits per heavy atom. The summed E-state index contributed by atoms with van der Waals surface area (Å²) in [5.41, 5.74) is 6.20. The van der Waals surface area contributed by atoms with E-state index in [1.165, 1.54) is 11.1 Å². The highest BCUT2D eigenvalue weighted by Crippen LogP contribution is 2.21. The summed E-state index contributed by atoms with van der Waals surface area (Å²) in [6.45, 7) is 6.02. The fraction of sp³-hybridized carbons (Fsp3) is 0.240. The standard InChI is InChI=1S/C25H26N6O/c1-18-4-7-21(8-5-18)27-25(32)31-13-11-30(12-14-31)17-19-6-9-22-23(15-19)29-24(28-22)20-3-2-10-26-16-20/h2-10,15-16H,11-14,17H2,1H3,(H,27,32)(H,28,29). The molecule has 0 saturated carbocycles. The van der Waals surface area contributed by atoms with Crippen LogP contribution in [0.3, 0.4) is 0 Å². The zero-order valence-corrected chi connectivity index (χ0v) is 18.1. The normalized spacial score (nSPS) is 14.6. The predicted octanol–water partition coefficient (Wildman–Crippen LogP) is 4.28. The summed E-state index contributed by atoms with van der Waals surface area (Å²) in [5.74, 6) is 0.832. The van der Waals surface area contributed by atoms with Gasteiger partial charge in [-0.15, -0.1) is 0 Å². The first-order chi connectivity index (χ1) is 15.6. The Balaban J connectivity index is 1.18. The minimum atomic E-state index is -0.0321. The molecule has 0 spiro atoms. The Hall–Kier alpha value is -3.71. The molecule has 2 aromatic heterocycles. The van der Waals surface area contributed by atoms with Gasteiger partial charge in [-0.25, -0.2) is 9.78 Å². The van der Waals surface area contributed by atoms with E-state index in [4.69, 9.17) is 0 Å². The van der Waals surface area contributed by atoms with Crippen molar-refractivity contribution >= 4 is 22.8 Å². The van der Waals surface area contributed by atoms with Gasteiger partial charge in [-0.3, -0.25) is 9.88 Å². The number of H-pyrrole nitrogens is 1. The third-order valence-electron chi connectivity index (χ3n) is 5.85. The average molecular weight is 427 g/mol. The molecule has 4 aromatic rings. The molecule has 0 atom stereocenters. The molecule has 1 aliphatic rings. The van der Waals surface area contributed by atoms with Crippen LogP contribution in [0.4, 0.5) is 10.5 Å². The highest BCUT2D eigenvalue weighted by atomic mass is 16.2. The molecule has 1 fully saturated rings. The number of nitrogens with zero attached hydrogens (tertiary/aromatic N) is 4. The largest absolute Gasteiger partial charge is 0.338 e. The van der Waals surface area contributed by atoms with Gasteiger partial charge in [0.2, 0.25) is 0 Å². The van der Waals surface area contributed by atoms with E-state index in [2.05, 4.69) is 43.4 Å². The van der Waals surface area contributed by atoms with Crippen LogP contribution in [0.5, 0.6) is 0 Å². The van der Waals surface area contributed by atoms with Gasteiger partial charge in [-0.1, -0.05) is 23.8 Å². The van der Waals surface area contributed by atoms with Gasteiger partial charge in [-0.2, -0.15) is 0 Å². The smallest absolute Gasteiger partial charge is 0.321 e. The number of aromatic nitrogens is 3. The highest BCUT2D eigenvalue weighted by molar-refractivity contribution is 5.89. The Morgan fingerprint density at radius 3 is 2.62 bits per heavy atom. The molecule has 162 valence electrons. The molecule has 7 heteroatoms. The molecule has 0 unspecified atom stereocenters. The third kappa shape index (κ3) is 4.48. The number of hydrogen-bond donors (Lipinski definition) is 2. The van der Waals surface area contributed by atoms with Crippen molar-refractivity contribution in [3.8, 4) is 11.4 Å². The summed E-state index contributed by atoms with van der Waals surface area (Å²) in [6, 6.07) is 18.1. The van der Waals surface area contributed by atoms with Gasteiger partial charge in [0.15, 0.2) is 0 Å². The van der Waals surface area contributed by atoms with Gasteiger partial charge in [0.1, 0.15) is 5.82 Å². The number of amides is 2. The molecular weight excluding hydrogens is 400 g/mol. The Labute approximate surface area is 187 Å². The average Bonchev–Trinajstić information content (AvgIpc) is 3.25. The molecular formula is C25H26N6O. The lowest BCUT2D eigenvalue weighted by Crippen LogP contribution is -2.49. The lowest BCUT2D eigenvalue weighted by molar-refractivity contribution is 0.143. The zero-order valence-electron chi connectivity index (χ0n) is 18.1. The molecule has 2 aromatic carbocycles. The van der Waals surface area contributed by atoms with E-state index in [0.717, 1.165) is 60.8 Å². The van der Waals surface area contributed by atoms with E-state index >= 15 is 0 Å². The second-order valence-corrected chi connectivity index (χ2v) is 8.24. The SMILES string of the molecule is Cc1ccc(NC(=O)N2CCN(Cc3ccc4nc(-c5cccnc5)[nH]c4c3)CC2)cc1. The number of rotatable bonds is 4. The van der Waals surface area contributed by atoms with E-state index < -0.39 is 0 Å². The summed E-state index contributed by atoms with van der Waals surface area (Å²) in [4.78, 5) is 29.1.